The lowest BCUT2D eigenvalue weighted by Gasteiger charge is -2.15. The molecular weight excluding hydrogens is 557 g/mol. The van der Waals surface area contributed by atoms with Gasteiger partial charge in [-0.05, 0) is 82.7 Å². The average Bonchev–Trinajstić information content (AvgIpc) is 3.22. The highest BCUT2D eigenvalue weighted by Gasteiger charge is 2.14. The molecule has 34 heavy (non-hydrogen) atoms. The van der Waals surface area contributed by atoms with Gasteiger partial charge in [0.15, 0.2) is 16.7 Å². The standard InChI is InChI=1S/C25H18BrCl2N3O2S/c1-2-32-23-11-15(9-18(13-29)34-25-30-21-5-3-4-6-22(21)31-25)10-19(26)24(23)33-14-16-7-8-17(27)12-20(16)28/h3-12H,2,14H2,1H3,(H,30,31)/b18-9+. The van der Waals surface area contributed by atoms with E-state index in [4.69, 9.17) is 32.7 Å². The van der Waals surface area contributed by atoms with E-state index in [1.807, 2.05) is 49.4 Å². The highest BCUT2D eigenvalue weighted by molar-refractivity contribution is 9.10. The van der Waals surface area contributed by atoms with Gasteiger partial charge < -0.3 is 14.5 Å². The van der Waals surface area contributed by atoms with E-state index < -0.39 is 0 Å². The van der Waals surface area contributed by atoms with Gasteiger partial charge in [0.25, 0.3) is 0 Å². The molecule has 4 rings (SSSR count). The Morgan fingerprint density at radius 3 is 2.74 bits per heavy atom. The minimum Gasteiger partial charge on any atom is -0.490 e. The Labute approximate surface area is 219 Å². The number of rotatable bonds is 8. The third-order valence-electron chi connectivity index (χ3n) is 4.70. The van der Waals surface area contributed by atoms with Crippen molar-refractivity contribution in [2.24, 2.45) is 0 Å². The Kier molecular flexibility index (Phi) is 8.07. The number of allylic oxidation sites excluding steroid dienone is 1. The van der Waals surface area contributed by atoms with Gasteiger partial charge in [-0.15, -0.1) is 0 Å². The van der Waals surface area contributed by atoms with Crippen molar-refractivity contribution in [1.29, 1.82) is 5.26 Å². The van der Waals surface area contributed by atoms with Gasteiger partial charge in [0.1, 0.15) is 12.7 Å². The zero-order valence-electron chi connectivity index (χ0n) is 17.9. The number of nitrogens with zero attached hydrogens (tertiary/aromatic N) is 2. The topological polar surface area (TPSA) is 70.9 Å². The predicted octanol–water partition coefficient (Wildman–Crippen LogP) is 8.27. The summed E-state index contributed by atoms with van der Waals surface area (Å²) in [7, 11) is 0. The van der Waals surface area contributed by atoms with Crippen molar-refractivity contribution in [2.45, 2.75) is 18.7 Å². The molecule has 0 aliphatic carbocycles. The van der Waals surface area contributed by atoms with Crippen LogP contribution in [0.3, 0.4) is 0 Å². The summed E-state index contributed by atoms with van der Waals surface area (Å²) < 4.78 is 12.6. The van der Waals surface area contributed by atoms with Crippen molar-refractivity contribution in [3.8, 4) is 17.6 Å². The number of hydrogen-bond acceptors (Lipinski definition) is 5. The molecule has 1 aromatic heterocycles. The Balaban J connectivity index is 1.58. The Morgan fingerprint density at radius 1 is 1.18 bits per heavy atom. The number of imidazole rings is 1. The molecule has 0 atom stereocenters. The number of halogens is 3. The van der Waals surface area contributed by atoms with Crippen LogP contribution in [0.1, 0.15) is 18.1 Å². The molecule has 172 valence electrons. The molecule has 3 aromatic carbocycles. The molecule has 0 aliphatic rings. The van der Waals surface area contributed by atoms with E-state index in [2.05, 4.69) is 32.0 Å². The minimum atomic E-state index is 0.245. The number of hydrogen-bond donors (Lipinski definition) is 1. The number of H-pyrrole nitrogens is 1. The first kappa shape index (κ1) is 24.5. The second-order valence-electron chi connectivity index (χ2n) is 7.07. The third kappa shape index (κ3) is 5.89. The van der Waals surface area contributed by atoms with Gasteiger partial charge in [0.05, 0.1) is 27.0 Å². The van der Waals surface area contributed by atoms with Gasteiger partial charge >= 0.3 is 0 Å². The summed E-state index contributed by atoms with van der Waals surface area (Å²) in [6.45, 7) is 2.60. The fourth-order valence-electron chi connectivity index (χ4n) is 3.18. The zero-order valence-corrected chi connectivity index (χ0v) is 21.9. The van der Waals surface area contributed by atoms with Crippen LogP contribution in [0.15, 0.2) is 69.1 Å². The lowest BCUT2D eigenvalue weighted by molar-refractivity contribution is 0.267. The van der Waals surface area contributed by atoms with Gasteiger partial charge in [0, 0.05) is 15.6 Å². The molecule has 5 nitrogen and oxygen atoms in total. The molecule has 0 spiro atoms. The summed E-state index contributed by atoms with van der Waals surface area (Å²) in [6, 6.07) is 19.0. The van der Waals surface area contributed by atoms with Crippen LogP contribution in [-0.2, 0) is 6.61 Å². The van der Waals surface area contributed by atoms with Crippen LogP contribution in [0, 0.1) is 11.3 Å². The molecule has 1 heterocycles. The maximum Gasteiger partial charge on any atom is 0.175 e. The number of nitriles is 1. The minimum absolute atomic E-state index is 0.245. The SMILES string of the molecule is CCOc1cc(/C=C(\C#N)Sc2nc3ccccc3[nH]2)cc(Br)c1OCc1ccc(Cl)cc1Cl. The van der Waals surface area contributed by atoms with Crippen LogP contribution in [0.4, 0.5) is 0 Å². The highest BCUT2D eigenvalue weighted by atomic mass is 79.9. The molecular formula is C25H18BrCl2N3O2S. The summed E-state index contributed by atoms with van der Waals surface area (Å²) in [6.07, 6.45) is 1.78. The van der Waals surface area contributed by atoms with Crippen LogP contribution in [0.25, 0.3) is 17.1 Å². The molecule has 0 saturated heterocycles. The molecule has 0 fully saturated rings. The van der Waals surface area contributed by atoms with Crippen molar-refractivity contribution in [2.75, 3.05) is 6.61 Å². The van der Waals surface area contributed by atoms with E-state index in [0.29, 0.717) is 42.7 Å². The van der Waals surface area contributed by atoms with E-state index in [0.717, 1.165) is 22.2 Å². The monoisotopic (exact) mass is 573 g/mol. The summed E-state index contributed by atoms with van der Waals surface area (Å²) >= 11 is 17.1. The number of benzene rings is 3. The number of aromatic amines is 1. The van der Waals surface area contributed by atoms with Gasteiger partial charge in [-0.2, -0.15) is 5.26 Å². The highest BCUT2D eigenvalue weighted by Crippen LogP contribution is 2.39. The molecule has 0 saturated carbocycles. The van der Waals surface area contributed by atoms with Gasteiger partial charge in [-0.3, -0.25) is 0 Å². The Bertz CT molecular complexity index is 1380. The van der Waals surface area contributed by atoms with Crippen LogP contribution >= 0.6 is 50.9 Å². The zero-order chi connectivity index (χ0) is 24.1. The number of aromatic nitrogens is 2. The largest absolute Gasteiger partial charge is 0.490 e. The summed E-state index contributed by atoms with van der Waals surface area (Å²) in [5, 5.41) is 11.5. The molecule has 1 N–H and O–H groups in total. The smallest absolute Gasteiger partial charge is 0.175 e. The van der Waals surface area contributed by atoms with Crippen LogP contribution in [0.2, 0.25) is 10.0 Å². The van der Waals surface area contributed by atoms with Crippen LogP contribution in [-0.4, -0.2) is 16.6 Å². The number of fused-ring (bicyclic) bond motifs is 1. The van der Waals surface area contributed by atoms with Gasteiger partial charge in [-0.1, -0.05) is 41.4 Å². The first-order valence-electron chi connectivity index (χ1n) is 10.2. The van der Waals surface area contributed by atoms with Crippen molar-refractivity contribution in [1.82, 2.24) is 9.97 Å². The van der Waals surface area contributed by atoms with E-state index in [9.17, 15) is 5.26 Å². The summed E-state index contributed by atoms with van der Waals surface area (Å²) in [5.74, 6) is 1.10. The predicted molar refractivity (Wildman–Crippen MR) is 142 cm³/mol. The first-order chi connectivity index (χ1) is 16.5. The number of thioether (sulfide) groups is 1. The van der Waals surface area contributed by atoms with E-state index in [1.54, 1.807) is 18.2 Å². The number of para-hydroxylation sites is 2. The van der Waals surface area contributed by atoms with E-state index in [-0.39, 0.29) is 6.61 Å². The number of nitrogens with one attached hydrogen (secondary N) is 1. The molecule has 0 amide bonds. The molecule has 4 aromatic rings. The molecule has 0 unspecified atom stereocenters. The summed E-state index contributed by atoms with van der Waals surface area (Å²) in [5.41, 5.74) is 3.36. The molecule has 0 bridgehead atoms. The van der Waals surface area contributed by atoms with Gasteiger partial charge in [0.2, 0.25) is 0 Å². The van der Waals surface area contributed by atoms with Crippen molar-refractivity contribution < 1.29 is 9.47 Å². The summed E-state index contributed by atoms with van der Waals surface area (Å²) in [4.78, 5) is 8.24. The van der Waals surface area contributed by atoms with Crippen molar-refractivity contribution in [3.63, 3.8) is 0 Å². The number of ether oxygens (including phenoxy) is 2. The normalized spacial score (nSPS) is 11.4. The molecule has 0 radical (unpaired) electrons. The second-order valence-corrected chi connectivity index (χ2v) is 9.80. The third-order valence-corrected chi connectivity index (χ3v) is 6.69. The fraction of sp³-hybridized carbons (Fsp3) is 0.120. The van der Waals surface area contributed by atoms with Crippen molar-refractivity contribution in [3.05, 3.63) is 85.1 Å². The lowest BCUT2D eigenvalue weighted by Crippen LogP contribution is -2.01. The van der Waals surface area contributed by atoms with Gasteiger partial charge in [-0.25, -0.2) is 4.98 Å². The second kappa shape index (κ2) is 11.2. The van der Waals surface area contributed by atoms with Crippen LogP contribution < -0.4 is 9.47 Å². The Hall–Kier alpha value is -2.63. The van der Waals surface area contributed by atoms with Crippen LogP contribution in [0.5, 0.6) is 11.5 Å². The maximum atomic E-state index is 9.71. The molecule has 0 aliphatic heterocycles. The van der Waals surface area contributed by atoms with Crippen molar-refractivity contribution >= 4 is 68.0 Å². The maximum absolute atomic E-state index is 9.71. The molecule has 9 heteroatoms. The lowest BCUT2D eigenvalue weighted by atomic mass is 10.2. The fourth-order valence-corrected chi connectivity index (χ4v) is 4.97. The van der Waals surface area contributed by atoms with E-state index >= 15 is 0 Å². The first-order valence-corrected chi connectivity index (χ1v) is 12.6. The quantitative estimate of drug-likeness (QED) is 0.169. The average molecular weight is 575 g/mol. The Morgan fingerprint density at radius 2 is 2.00 bits per heavy atom. The van der Waals surface area contributed by atoms with E-state index in [1.165, 1.54) is 11.8 Å².